The highest BCUT2D eigenvalue weighted by molar-refractivity contribution is 6.14. The molecule has 5 rings (SSSR count). The van der Waals surface area contributed by atoms with Gasteiger partial charge >= 0.3 is 0 Å². The molecule has 2 aromatic carbocycles. The average molecular weight is 373 g/mol. The Kier molecular flexibility index (Phi) is 3.30. The first-order valence-corrected chi connectivity index (χ1v) is 8.80. The highest BCUT2D eigenvalue weighted by atomic mass is 19.1. The molecular formula is C21H16FN5O. The Labute approximate surface area is 158 Å². The minimum atomic E-state index is -0.412. The Morgan fingerprint density at radius 3 is 2.68 bits per heavy atom. The van der Waals surface area contributed by atoms with Crippen molar-refractivity contribution in [1.82, 2.24) is 20.2 Å². The highest BCUT2D eigenvalue weighted by Crippen LogP contribution is 2.38. The van der Waals surface area contributed by atoms with Crippen molar-refractivity contribution >= 4 is 38.4 Å². The summed E-state index contributed by atoms with van der Waals surface area (Å²) < 4.78 is 14.1. The summed E-state index contributed by atoms with van der Waals surface area (Å²) in [5.74, 6) is -0.412. The van der Waals surface area contributed by atoms with Gasteiger partial charge in [0.1, 0.15) is 17.0 Å². The second-order valence-corrected chi connectivity index (χ2v) is 6.96. The number of pyridine rings is 2. The van der Waals surface area contributed by atoms with E-state index in [1.165, 1.54) is 6.07 Å². The molecule has 0 unspecified atom stereocenters. The number of nitrogens with zero attached hydrogens (tertiary/aromatic N) is 2. The van der Waals surface area contributed by atoms with Gasteiger partial charge in [0.15, 0.2) is 0 Å². The molecular weight excluding hydrogens is 357 g/mol. The van der Waals surface area contributed by atoms with Gasteiger partial charge in [-0.2, -0.15) is 5.10 Å². The monoisotopic (exact) mass is 373 g/mol. The molecule has 6 nitrogen and oxygen atoms in total. The van der Waals surface area contributed by atoms with Crippen molar-refractivity contribution in [2.45, 2.75) is 13.8 Å². The van der Waals surface area contributed by atoms with Crippen LogP contribution in [0.2, 0.25) is 0 Å². The van der Waals surface area contributed by atoms with Gasteiger partial charge in [-0.15, -0.1) is 0 Å². The molecule has 7 heteroatoms. The van der Waals surface area contributed by atoms with Gasteiger partial charge in [-0.3, -0.25) is 14.9 Å². The molecule has 3 heterocycles. The van der Waals surface area contributed by atoms with Crippen LogP contribution in [-0.2, 0) is 0 Å². The van der Waals surface area contributed by atoms with Crippen molar-refractivity contribution < 1.29 is 4.39 Å². The maximum absolute atomic E-state index is 14.1. The van der Waals surface area contributed by atoms with E-state index in [1.807, 2.05) is 32.0 Å². The van der Waals surface area contributed by atoms with E-state index in [4.69, 9.17) is 5.73 Å². The molecule has 0 aliphatic rings. The Hall–Kier alpha value is -3.74. The summed E-state index contributed by atoms with van der Waals surface area (Å²) in [7, 11) is 0. The number of aromatic amines is 2. The summed E-state index contributed by atoms with van der Waals surface area (Å²) in [6, 6.07) is 8.79. The van der Waals surface area contributed by atoms with Gasteiger partial charge < -0.3 is 10.7 Å². The molecule has 4 N–H and O–H groups in total. The summed E-state index contributed by atoms with van der Waals surface area (Å²) in [6.07, 6.45) is 1.54. The lowest BCUT2D eigenvalue weighted by molar-refractivity contribution is 0.636. The number of nitrogens with two attached hydrogens (primary N) is 1. The highest BCUT2D eigenvalue weighted by Gasteiger charge is 2.19. The van der Waals surface area contributed by atoms with Gasteiger partial charge in [0.05, 0.1) is 17.2 Å². The minimum absolute atomic E-state index is 0.0837. The van der Waals surface area contributed by atoms with Crippen molar-refractivity contribution in [1.29, 1.82) is 0 Å². The first-order chi connectivity index (χ1) is 13.5. The fraction of sp³-hybridized carbons (Fsp3) is 0.0952. The fourth-order valence-corrected chi connectivity index (χ4v) is 3.84. The van der Waals surface area contributed by atoms with Crippen LogP contribution in [0.1, 0.15) is 11.3 Å². The average Bonchev–Trinajstić information content (AvgIpc) is 3.16. The minimum Gasteiger partial charge on any atom is -0.394 e. The molecule has 0 bridgehead atoms. The zero-order valence-corrected chi connectivity index (χ0v) is 15.2. The molecule has 0 atom stereocenters. The summed E-state index contributed by atoms with van der Waals surface area (Å²) in [5.41, 5.74) is 10.7. The Bertz CT molecular complexity index is 1480. The van der Waals surface area contributed by atoms with Crippen LogP contribution >= 0.6 is 0 Å². The van der Waals surface area contributed by atoms with Crippen LogP contribution < -0.4 is 11.3 Å². The van der Waals surface area contributed by atoms with E-state index in [0.29, 0.717) is 22.0 Å². The lowest BCUT2D eigenvalue weighted by Gasteiger charge is -2.14. The lowest BCUT2D eigenvalue weighted by atomic mass is 9.94. The first kappa shape index (κ1) is 16.4. The third kappa shape index (κ3) is 2.16. The number of H-pyrrole nitrogens is 2. The number of nitrogens with one attached hydrogen (secondary N) is 2. The van der Waals surface area contributed by atoms with Crippen LogP contribution in [0.25, 0.3) is 43.8 Å². The van der Waals surface area contributed by atoms with E-state index >= 15 is 0 Å². The SMILES string of the molecule is Cc1ccc2c(n1)c(C)cc1c(-c3ccc(F)c4[nH]ncc34)c(N)c(=O)[nH]c12. The molecule has 0 radical (unpaired) electrons. The molecule has 0 spiro atoms. The number of fused-ring (bicyclic) bond motifs is 4. The van der Waals surface area contributed by atoms with Crippen LogP contribution in [0.3, 0.4) is 0 Å². The number of rotatable bonds is 1. The molecule has 28 heavy (non-hydrogen) atoms. The van der Waals surface area contributed by atoms with Gasteiger partial charge in [-0.05, 0) is 49.2 Å². The lowest BCUT2D eigenvalue weighted by Crippen LogP contribution is -2.14. The van der Waals surface area contributed by atoms with Crippen LogP contribution in [-0.4, -0.2) is 20.2 Å². The first-order valence-electron chi connectivity index (χ1n) is 8.80. The van der Waals surface area contributed by atoms with Crippen LogP contribution in [0.15, 0.2) is 41.3 Å². The molecule has 3 aromatic heterocycles. The topological polar surface area (TPSA) is 100 Å². The normalized spacial score (nSPS) is 11.7. The molecule has 0 fully saturated rings. The number of aryl methyl sites for hydroxylation is 2. The van der Waals surface area contributed by atoms with E-state index in [-0.39, 0.29) is 11.2 Å². The summed E-state index contributed by atoms with van der Waals surface area (Å²) in [6.45, 7) is 3.89. The number of aromatic nitrogens is 4. The predicted molar refractivity (Wildman–Crippen MR) is 109 cm³/mol. The summed E-state index contributed by atoms with van der Waals surface area (Å²) in [5, 5.41) is 8.81. The maximum atomic E-state index is 14.1. The van der Waals surface area contributed by atoms with Crippen molar-refractivity contribution in [2.24, 2.45) is 0 Å². The third-order valence-electron chi connectivity index (χ3n) is 5.16. The second-order valence-electron chi connectivity index (χ2n) is 6.96. The maximum Gasteiger partial charge on any atom is 0.272 e. The van der Waals surface area contributed by atoms with Gasteiger partial charge in [-0.25, -0.2) is 4.39 Å². The standard InChI is InChI=1S/C21H16FN5O/c1-9-7-13-16(11-5-6-15(22)20-14(11)8-24-27-20)17(23)21(28)26-19(13)12-4-3-10(2)25-18(9)12/h3-8H,23H2,1-2H3,(H,24,27)(H,26,28). The largest absolute Gasteiger partial charge is 0.394 e. The quantitative estimate of drug-likeness (QED) is 0.387. The Morgan fingerprint density at radius 2 is 1.86 bits per heavy atom. The van der Waals surface area contributed by atoms with Crippen molar-refractivity contribution in [3.05, 3.63) is 64.0 Å². The zero-order valence-electron chi connectivity index (χ0n) is 15.2. The van der Waals surface area contributed by atoms with Crippen molar-refractivity contribution in [3.8, 4) is 11.1 Å². The van der Waals surface area contributed by atoms with Crippen LogP contribution in [0, 0.1) is 19.7 Å². The Balaban J connectivity index is 2.02. The van der Waals surface area contributed by atoms with E-state index in [1.54, 1.807) is 12.3 Å². The molecule has 0 aliphatic carbocycles. The van der Waals surface area contributed by atoms with Gasteiger partial charge in [0, 0.05) is 27.4 Å². The van der Waals surface area contributed by atoms with Crippen molar-refractivity contribution in [3.63, 3.8) is 0 Å². The van der Waals surface area contributed by atoms with Crippen LogP contribution in [0.5, 0.6) is 0 Å². The van der Waals surface area contributed by atoms with Crippen LogP contribution in [0.4, 0.5) is 10.1 Å². The molecule has 0 saturated carbocycles. The fourth-order valence-electron chi connectivity index (χ4n) is 3.84. The van der Waals surface area contributed by atoms with E-state index < -0.39 is 11.4 Å². The molecule has 0 amide bonds. The number of halogens is 1. The number of anilines is 1. The number of hydrogen-bond donors (Lipinski definition) is 3. The number of benzene rings is 2. The predicted octanol–water partition coefficient (Wildman–Crippen LogP) is 3.96. The second kappa shape index (κ2) is 5.63. The molecule has 0 saturated heterocycles. The van der Waals surface area contributed by atoms with Gasteiger partial charge in [0.2, 0.25) is 0 Å². The van der Waals surface area contributed by atoms with E-state index in [2.05, 4.69) is 20.2 Å². The Morgan fingerprint density at radius 1 is 1.04 bits per heavy atom. The third-order valence-corrected chi connectivity index (χ3v) is 5.16. The van der Waals surface area contributed by atoms with Gasteiger partial charge in [-0.1, -0.05) is 6.07 Å². The molecule has 5 aromatic rings. The van der Waals surface area contributed by atoms with Gasteiger partial charge in [0.25, 0.3) is 5.56 Å². The molecule has 138 valence electrons. The number of hydrogen-bond acceptors (Lipinski definition) is 4. The zero-order chi connectivity index (χ0) is 19.6. The van der Waals surface area contributed by atoms with E-state index in [0.717, 1.165) is 27.5 Å². The van der Waals surface area contributed by atoms with E-state index in [9.17, 15) is 9.18 Å². The summed E-state index contributed by atoms with van der Waals surface area (Å²) >= 11 is 0. The van der Waals surface area contributed by atoms with Crippen molar-refractivity contribution in [2.75, 3.05) is 5.73 Å². The molecule has 0 aliphatic heterocycles. The summed E-state index contributed by atoms with van der Waals surface area (Å²) in [4.78, 5) is 20.2. The number of nitrogen functional groups attached to an aromatic ring is 1. The smallest absolute Gasteiger partial charge is 0.272 e.